The summed E-state index contributed by atoms with van der Waals surface area (Å²) in [5.74, 6) is 0. The maximum atomic E-state index is 9.20. The van der Waals surface area contributed by atoms with Crippen molar-refractivity contribution in [1.82, 2.24) is 0 Å². The number of hydrogen-bond donors (Lipinski definition) is 1. The van der Waals surface area contributed by atoms with Crippen LogP contribution in [0.1, 0.15) is 0 Å². The van der Waals surface area contributed by atoms with E-state index in [4.69, 9.17) is 9.90 Å². The second-order valence-corrected chi connectivity index (χ2v) is 2.16. The fourth-order valence-electron chi connectivity index (χ4n) is 0. The van der Waals surface area contributed by atoms with Gasteiger partial charge < -0.3 is 19.5 Å². The molecule has 0 heterocycles. The van der Waals surface area contributed by atoms with E-state index in [-0.39, 0.29) is 23.9 Å². The molecule has 0 saturated carbocycles. The molecule has 8 heavy (non-hydrogen) atoms. The van der Waals surface area contributed by atoms with Crippen LogP contribution in [0.3, 0.4) is 0 Å². The minimum atomic E-state index is -5.32. The summed E-state index contributed by atoms with van der Waals surface area (Å²) in [5.41, 5.74) is -2.31. The Bertz CT molecular complexity index is 124. The Kier molecular flexibility index (Phi) is 4.84. The zero-order valence-corrected chi connectivity index (χ0v) is 7.28. The molecule has 0 atom stereocenters. The molecule has 2 radical (unpaired) electrons. The predicted octanol–water partition coefficient (Wildman–Crippen LogP) is -1.80. The van der Waals surface area contributed by atoms with Crippen molar-refractivity contribution in [2.75, 3.05) is 0 Å². The Balaban J connectivity index is 0. The first-order valence-electron chi connectivity index (χ1n) is 1.20. The van der Waals surface area contributed by atoms with Crippen LogP contribution in [-0.4, -0.2) is 34.7 Å². The molecular formula is CHO5PSn. The van der Waals surface area contributed by atoms with Gasteiger partial charge in [0.2, 0.25) is 0 Å². The minimum absolute atomic E-state index is 0. The fourth-order valence-corrected chi connectivity index (χ4v) is 0. The Morgan fingerprint density at radius 1 is 1.50 bits per heavy atom. The molecule has 0 aliphatic heterocycles. The van der Waals surface area contributed by atoms with Crippen LogP contribution < -0.4 is 9.79 Å². The smallest absolute Gasteiger partial charge is 0.803 e. The first kappa shape index (κ1) is 11.2. The number of carboxylic acid groups (broad SMARTS) is 1. The van der Waals surface area contributed by atoms with E-state index in [0.29, 0.717) is 0 Å². The van der Waals surface area contributed by atoms with Gasteiger partial charge in [0.25, 0.3) is 0 Å². The van der Waals surface area contributed by atoms with Crippen molar-refractivity contribution < 1.29 is 24.3 Å². The van der Waals surface area contributed by atoms with Gasteiger partial charge in [-0.2, -0.15) is 0 Å². The first-order valence-corrected chi connectivity index (χ1v) is 2.74. The largest absolute Gasteiger partial charge is 2.00 e. The van der Waals surface area contributed by atoms with E-state index in [1.807, 2.05) is 0 Å². The molecule has 7 heteroatoms. The van der Waals surface area contributed by atoms with Gasteiger partial charge in [0, 0.05) is 7.60 Å². The SMILES string of the molecule is O=C(O)P(=O)([O-])[O-].[Sn+2]. The van der Waals surface area contributed by atoms with Crippen molar-refractivity contribution in [3.05, 3.63) is 0 Å². The zero-order chi connectivity index (χ0) is 6.08. The summed E-state index contributed by atoms with van der Waals surface area (Å²) < 4.78 is 9.20. The fraction of sp³-hybridized carbons (Fsp3) is 0. The van der Waals surface area contributed by atoms with E-state index in [9.17, 15) is 14.4 Å². The summed E-state index contributed by atoms with van der Waals surface area (Å²) in [5, 5.41) is 7.36. The second-order valence-electron chi connectivity index (χ2n) is 0.780. The van der Waals surface area contributed by atoms with Crippen LogP contribution in [0, 0.1) is 0 Å². The molecule has 1 N–H and O–H groups in total. The van der Waals surface area contributed by atoms with Crippen LogP contribution in [0.2, 0.25) is 0 Å². The van der Waals surface area contributed by atoms with E-state index in [1.165, 1.54) is 0 Å². The number of hydrogen-bond acceptors (Lipinski definition) is 4. The van der Waals surface area contributed by atoms with Gasteiger partial charge >= 0.3 is 29.6 Å². The second kappa shape index (κ2) is 3.45. The van der Waals surface area contributed by atoms with Crippen LogP contribution in [0.15, 0.2) is 0 Å². The summed E-state index contributed by atoms with van der Waals surface area (Å²) in [6.45, 7) is 0. The molecule has 0 aromatic heterocycles. The molecule has 0 fully saturated rings. The molecule has 0 spiro atoms. The average Bonchev–Trinajstić information content (AvgIpc) is 1.31. The summed E-state index contributed by atoms with van der Waals surface area (Å²) >= 11 is 0. The number of carbonyl (C=O) groups is 1. The molecule has 0 aliphatic carbocycles. The summed E-state index contributed by atoms with van der Waals surface area (Å²) in [4.78, 5) is 27.5. The third-order valence-corrected chi connectivity index (χ3v) is 0.703. The summed E-state index contributed by atoms with van der Waals surface area (Å²) in [7, 11) is -5.32. The topological polar surface area (TPSA) is 100 Å². The molecule has 0 aromatic carbocycles. The van der Waals surface area contributed by atoms with Gasteiger partial charge in [-0.3, -0.25) is 0 Å². The van der Waals surface area contributed by atoms with Gasteiger partial charge in [0.1, 0.15) is 0 Å². The number of rotatable bonds is 1. The van der Waals surface area contributed by atoms with Gasteiger partial charge in [0.15, 0.2) is 0 Å². The average molecular weight is 243 g/mol. The monoisotopic (exact) mass is 244 g/mol. The molecule has 0 aromatic rings. The molecule has 0 rings (SSSR count). The Labute approximate surface area is 61.8 Å². The van der Waals surface area contributed by atoms with Crippen LogP contribution >= 0.6 is 7.60 Å². The van der Waals surface area contributed by atoms with Crippen molar-refractivity contribution in [2.24, 2.45) is 0 Å². The molecule has 0 bridgehead atoms. The molecule has 0 aliphatic rings. The molecule has 0 unspecified atom stereocenters. The van der Waals surface area contributed by atoms with Crippen LogP contribution in [0.5, 0.6) is 0 Å². The molecular weight excluding hydrogens is 242 g/mol. The normalized spacial score (nSPS) is 9.75. The van der Waals surface area contributed by atoms with Crippen molar-refractivity contribution in [2.45, 2.75) is 0 Å². The standard InChI is InChI=1S/CH3O5P.Sn/c2-1(3)7(4,5)6;/h(H,2,3)(H2,4,5,6);/q;+2/p-2. The minimum Gasteiger partial charge on any atom is -0.803 e. The Morgan fingerprint density at radius 3 is 1.62 bits per heavy atom. The Hall–Kier alpha value is 0.419. The van der Waals surface area contributed by atoms with Crippen molar-refractivity contribution in [3.63, 3.8) is 0 Å². The van der Waals surface area contributed by atoms with E-state index in [1.54, 1.807) is 0 Å². The Morgan fingerprint density at radius 2 is 1.62 bits per heavy atom. The van der Waals surface area contributed by atoms with Gasteiger partial charge in [-0.1, -0.05) is 0 Å². The van der Waals surface area contributed by atoms with E-state index in [2.05, 4.69) is 0 Å². The maximum Gasteiger partial charge on any atom is 2.00 e. The first-order chi connectivity index (χ1) is 2.94. The molecule has 0 saturated heterocycles. The quantitative estimate of drug-likeness (QED) is 0.432. The maximum absolute atomic E-state index is 9.20. The van der Waals surface area contributed by atoms with Gasteiger partial charge in [0.05, 0.1) is 0 Å². The zero-order valence-electron chi connectivity index (χ0n) is 3.53. The van der Waals surface area contributed by atoms with Crippen LogP contribution in [-0.2, 0) is 4.57 Å². The summed E-state index contributed by atoms with van der Waals surface area (Å²) in [6, 6.07) is 0. The van der Waals surface area contributed by atoms with Gasteiger partial charge in [-0.25, -0.2) is 4.79 Å². The van der Waals surface area contributed by atoms with Crippen LogP contribution in [0.4, 0.5) is 4.79 Å². The predicted molar refractivity (Wildman–Crippen MR) is 21.4 cm³/mol. The van der Waals surface area contributed by atoms with Crippen molar-refractivity contribution >= 4 is 37.2 Å². The van der Waals surface area contributed by atoms with E-state index < -0.39 is 13.3 Å². The summed E-state index contributed by atoms with van der Waals surface area (Å²) in [6.07, 6.45) is 0. The van der Waals surface area contributed by atoms with Crippen molar-refractivity contribution in [1.29, 1.82) is 0 Å². The van der Waals surface area contributed by atoms with Crippen molar-refractivity contribution in [3.8, 4) is 0 Å². The van der Waals surface area contributed by atoms with E-state index in [0.717, 1.165) is 0 Å². The van der Waals surface area contributed by atoms with E-state index >= 15 is 0 Å². The molecule has 5 nitrogen and oxygen atoms in total. The van der Waals surface area contributed by atoms with Gasteiger partial charge in [-0.15, -0.1) is 0 Å². The molecule has 0 amide bonds. The third-order valence-electron chi connectivity index (χ3n) is 0.234. The molecule has 44 valence electrons. The third kappa shape index (κ3) is 4.57. The van der Waals surface area contributed by atoms with Gasteiger partial charge in [-0.05, 0) is 0 Å². The van der Waals surface area contributed by atoms with Crippen LogP contribution in [0.25, 0.3) is 0 Å².